The van der Waals surface area contributed by atoms with Crippen molar-refractivity contribution in [2.75, 3.05) is 13.1 Å². The zero-order valence-electron chi connectivity index (χ0n) is 12.5. The van der Waals surface area contributed by atoms with Crippen LogP contribution in [0.4, 0.5) is 0 Å². The first-order valence-corrected chi connectivity index (χ1v) is 8.18. The first kappa shape index (κ1) is 14.3. The van der Waals surface area contributed by atoms with Crippen molar-refractivity contribution in [3.63, 3.8) is 0 Å². The van der Waals surface area contributed by atoms with E-state index < -0.39 is 0 Å². The maximum Gasteiger partial charge on any atom is 0.0337 e. The largest absolute Gasteiger partial charge is 0.329 e. The van der Waals surface area contributed by atoms with Crippen molar-refractivity contribution < 1.29 is 0 Å². The molecule has 0 aromatic carbocycles. The number of hydrogen-bond donors (Lipinski definition) is 1. The summed E-state index contributed by atoms with van der Waals surface area (Å²) in [5.41, 5.74) is 6.59. The molecule has 0 spiro atoms. The molecule has 106 valence electrons. The van der Waals surface area contributed by atoms with Crippen LogP contribution in [0.2, 0.25) is 0 Å². The highest BCUT2D eigenvalue weighted by atomic mass is 15.2. The van der Waals surface area contributed by atoms with Crippen LogP contribution in [-0.4, -0.2) is 29.6 Å². The zero-order valence-corrected chi connectivity index (χ0v) is 12.5. The Morgan fingerprint density at radius 1 is 1.17 bits per heavy atom. The van der Waals surface area contributed by atoms with Crippen molar-refractivity contribution in [1.82, 2.24) is 4.90 Å². The van der Waals surface area contributed by atoms with E-state index in [0.717, 1.165) is 18.5 Å². The summed E-state index contributed by atoms with van der Waals surface area (Å²) in [5, 5.41) is 0. The van der Waals surface area contributed by atoms with Crippen molar-refractivity contribution in [2.24, 2.45) is 11.7 Å². The molecule has 1 aliphatic carbocycles. The molecule has 2 N–H and O–H groups in total. The van der Waals surface area contributed by atoms with Crippen LogP contribution in [0.15, 0.2) is 0 Å². The number of nitrogens with two attached hydrogens (primary N) is 1. The Bertz CT molecular complexity index is 253. The lowest BCUT2D eigenvalue weighted by molar-refractivity contribution is 0.00830. The number of rotatable bonds is 3. The quantitative estimate of drug-likeness (QED) is 0.832. The van der Waals surface area contributed by atoms with Gasteiger partial charge in [-0.1, -0.05) is 39.0 Å². The molecule has 0 bridgehead atoms. The van der Waals surface area contributed by atoms with E-state index in [1.165, 1.54) is 64.3 Å². The molecule has 0 radical (unpaired) electrons. The summed E-state index contributed by atoms with van der Waals surface area (Å²) in [7, 11) is 0. The summed E-state index contributed by atoms with van der Waals surface area (Å²) in [6, 6.07) is 0.742. The third-order valence-corrected chi connectivity index (χ3v) is 5.54. The van der Waals surface area contributed by atoms with Crippen LogP contribution in [0.3, 0.4) is 0 Å². The molecule has 2 aliphatic rings. The van der Waals surface area contributed by atoms with Crippen LogP contribution >= 0.6 is 0 Å². The molecule has 2 nitrogen and oxygen atoms in total. The normalized spacial score (nSPS) is 39.5. The number of hydrogen-bond acceptors (Lipinski definition) is 2. The molecule has 3 atom stereocenters. The summed E-state index contributed by atoms with van der Waals surface area (Å²) < 4.78 is 0. The average Bonchev–Trinajstić information content (AvgIpc) is 2.63. The zero-order chi connectivity index (χ0) is 13.0. The molecular formula is C16H32N2. The van der Waals surface area contributed by atoms with Gasteiger partial charge in [0, 0.05) is 18.1 Å². The molecule has 1 saturated heterocycles. The van der Waals surface area contributed by atoms with Crippen LogP contribution in [0.25, 0.3) is 0 Å². The Hall–Kier alpha value is -0.0800. The van der Waals surface area contributed by atoms with E-state index in [4.69, 9.17) is 5.73 Å². The number of likely N-dealkylation sites (tertiary alicyclic amines) is 1. The maximum absolute atomic E-state index is 6.26. The van der Waals surface area contributed by atoms with Gasteiger partial charge < -0.3 is 5.73 Å². The van der Waals surface area contributed by atoms with Gasteiger partial charge >= 0.3 is 0 Å². The van der Waals surface area contributed by atoms with Gasteiger partial charge in [0.05, 0.1) is 0 Å². The molecule has 18 heavy (non-hydrogen) atoms. The van der Waals surface area contributed by atoms with E-state index in [-0.39, 0.29) is 0 Å². The van der Waals surface area contributed by atoms with Gasteiger partial charge in [-0.2, -0.15) is 0 Å². The molecule has 2 fully saturated rings. The van der Waals surface area contributed by atoms with Gasteiger partial charge in [0.2, 0.25) is 0 Å². The monoisotopic (exact) mass is 252 g/mol. The molecule has 0 aromatic heterocycles. The van der Waals surface area contributed by atoms with E-state index in [1.807, 2.05) is 0 Å². The lowest BCUT2D eigenvalue weighted by Gasteiger charge is -2.50. The van der Waals surface area contributed by atoms with E-state index in [9.17, 15) is 0 Å². The summed E-state index contributed by atoms with van der Waals surface area (Å²) in [6.45, 7) is 6.93. The summed E-state index contributed by atoms with van der Waals surface area (Å²) in [4.78, 5) is 2.81. The Kier molecular flexibility index (Phi) is 5.08. The second-order valence-corrected chi connectivity index (χ2v) is 6.69. The van der Waals surface area contributed by atoms with E-state index in [0.29, 0.717) is 5.54 Å². The highest BCUT2D eigenvalue weighted by Gasteiger charge is 2.41. The lowest BCUT2D eigenvalue weighted by atomic mass is 9.73. The standard InChI is InChI=1S/C16H32N2/c1-3-15-9-7-10-16(12-15,13-17)18-11-6-4-5-8-14(18)2/h14-15H,3-13,17H2,1-2H3. The molecule has 1 saturated carbocycles. The SMILES string of the molecule is CCC1CCCC(CN)(N2CCCCCC2C)C1. The smallest absolute Gasteiger partial charge is 0.0337 e. The average molecular weight is 252 g/mol. The minimum absolute atomic E-state index is 0.336. The van der Waals surface area contributed by atoms with Crippen LogP contribution in [-0.2, 0) is 0 Å². The highest BCUT2D eigenvalue weighted by Crippen LogP contribution is 2.40. The third-order valence-electron chi connectivity index (χ3n) is 5.54. The Morgan fingerprint density at radius 3 is 2.72 bits per heavy atom. The van der Waals surface area contributed by atoms with Crippen LogP contribution in [0.5, 0.6) is 0 Å². The first-order chi connectivity index (χ1) is 8.72. The van der Waals surface area contributed by atoms with Gasteiger partial charge in [-0.05, 0) is 45.1 Å². The molecular weight excluding hydrogens is 220 g/mol. The number of nitrogens with zero attached hydrogens (tertiary/aromatic N) is 1. The van der Waals surface area contributed by atoms with Gasteiger partial charge in [-0.15, -0.1) is 0 Å². The van der Waals surface area contributed by atoms with Gasteiger partial charge in [0.25, 0.3) is 0 Å². The minimum Gasteiger partial charge on any atom is -0.329 e. The fourth-order valence-corrected chi connectivity index (χ4v) is 4.35. The maximum atomic E-state index is 6.26. The molecule has 1 aliphatic heterocycles. The summed E-state index contributed by atoms with van der Waals surface area (Å²) in [5.74, 6) is 0.915. The molecule has 0 amide bonds. The second kappa shape index (κ2) is 6.38. The Labute approximate surface area is 113 Å². The van der Waals surface area contributed by atoms with Gasteiger partial charge in [0.1, 0.15) is 0 Å². The van der Waals surface area contributed by atoms with Crippen LogP contribution < -0.4 is 5.73 Å². The van der Waals surface area contributed by atoms with Crippen LogP contribution in [0, 0.1) is 5.92 Å². The lowest BCUT2D eigenvalue weighted by Crippen LogP contribution is -2.59. The van der Waals surface area contributed by atoms with Gasteiger partial charge in [-0.3, -0.25) is 4.90 Å². The molecule has 2 heteroatoms. The molecule has 3 unspecified atom stereocenters. The highest BCUT2D eigenvalue weighted by molar-refractivity contribution is 4.98. The van der Waals surface area contributed by atoms with Gasteiger partial charge in [0.15, 0.2) is 0 Å². The first-order valence-electron chi connectivity index (χ1n) is 8.18. The van der Waals surface area contributed by atoms with Crippen molar-refractivity contribution in [3.05, 3.63) is 0 Å². The molecule has 1 heterocycles. The van der Waals surface area contributed by atoms with E-state index >= 15 is 0 Å². The van der Waals surface area contributed by atoms with Crippen molar-refractivity contribution in [3.8, 4) is 0 Å². The Balaban J connectivity index is 2.13. The van der Waals surface area contributed by atoms with Crippen LogP contribution in [0.1, 0.15) is 71.6 Å². The predicted molar refractivity (Wildman–Crippen MR) is 78.7 cm³/mol. The second-order valence-electron chi connectivity index (χ2n) is 6.69. The van der Waals surface area contributed by atoms with Gasteiger partial charge in [-0.25, -0.2) is 0 Å². The summed E-state index contributed by atoms with van der Waals surface area (Å²) in [6.07, 6.45) is 12.4. The van der Waals surface area contributed by atoms with E-state index in [2.05, 4.69) is 18.7 Å². The summed E-state index contributed by atoms with van der Waals surface area (Å²) >= 11 is 0. The Morgan fingerprint density at radius 2 is 2.00 bits per heavy atom. The predicted octanol–water partition coefficient (Wildman–Crippen LogP) is 3.55. The topological polar surface area (TPSA) is 29.3 Å². The van der Waals surface area contributed by atoms with Crippen molar-refractivity contribution >= 4 is 0 Å². The molecule has 0 aromatic rings. The van der Waals surface area contributed by atoms with Crippen molar-refractivity contribution in [1.29, 1.82) is 0 Å². The third kappa shape index (κ3) is 2.91. The fraction of sp³-hybridized carbons (Fsp3) is 1.00. The fourth-order valence-electron chi connectivity index (χ4n) is 4.35. The minimum atomic E-state index is 0.336. The van der Waals surface area contributed by atoms with E-state index in [1.54, 1.807) is 0 Å². The molecule has 2 rings (SSSR count). The van der Waals surface area contributed by atoms with Crippen molar-refractivity contribution in [2.45, 2.75) is 83.2 Å².